The molecule has 0 aliphatic carbocycles. The van der Waals surface area contributed by atoms with Gasteiger partial charge in [0.1, 0.15) is 0 Å². The van der Waals surface area contributed by atoms with Gasteiger partial charge >= 0.3 is 6.03 Å². The molecule has 2 amide bonds. The molecule has 8 heteroatoms. The summed E-state index contributed by atoms with van der Waals surface area (Å²) in [5.74, 6) is 0. The quantitative estimate of drug-likeness (QED) is 0.668. The third-order valence-corrected chi connectivity index (χ3v) is 3.93. The normalized spacial score (nSPS) is 11.1. The number of nitrogens with zero attached hydrogens (tertiary/aromatic N) is 1. The third-order valence-electron chi connectivity index (χ3n) is 3.32. The summed E-state index contributed by atoms with van der Waals surface area (Å²) in [7, 11) is -3.38. The molecule has 0 saturated heterocycles. The Morgan fingerprint density at radius 2 is 1.72 bits per heavy atom. The molecule has 0 aliphatic rings. The number of carbonyl (C=O) groups excluding carboxylic acids is 1. The van der Waals surface area contributed by atoms with Gasteiger partial charge in [0.15, 0.2) is 0 Å². The van der Waals surface area contributed by atoms with Crippen LogP contribution in [0.4, 0.5) is 21.9 Å². The summed E-state index contributed by atoms with van der Waals surface area (Å²) in [6.45, 7) is 0. The summed E-state index contributed by atoms with van der Waals surface area (Å²) in [5, 5.41) is 6.27. The zero-order valence-electron chi connectivity index (χ0n) is 13.4. The van der Waals surface area contributed by atoms with E-state index >= 15 is 0 Å². The predicted octanol–water partition coefficient (Wildman–Crippen LogP) is 3.25. The summed E-state index contributed by atoms with van der Waals surface area (Å²) in [5.41, 5.74) is 2.24. The van der Waals surface area contributed by atoms with Crippen molar-refractivity contribution in [2.45, 2.75) is 0 Å². The number of nitrogens with one attached hydrogen (secondary N) is 3. The van der Waals surface area contributed by atoms with Gasteiger partial charge in [-0.3, -0.25) is 9.71 Å². The van der Waals surface area contributed by atoms with Gasteiger partial charge in [0.05, 0.1) is 23.1 Å². The highest BCUT2D eigenvalue weighted by Gasteiger charge is 2.08. The number of para-hydroxylation sites is 1. The summed E-state index contributed by atoms with van der Waals surface area (Å²) in [4.78, 5) is 16.5. The number of hydrogen-bond acceptors (Lipinski definition) is 4. The first-order chi connectivity index (χ1) is 11.9. The smallest absolute Gasteiger partial charge is 0.308 e. The van der Waals surface area contributed by atoms with Crippen molar-refractivity contribution in [2.75, 3.05) is 21.6 Å². The largest absolute Gasteiger partial charge is 0.323 e. The number of amides is 2. The molecule has 1 heterocycles. The van der Waals surface area contributed by atoms with Crippen LogP contribution < -0.4 is 15.4 Å². The third kappa shape index (κ3) is 4.45. The summed E-state index contributed by atoms with van der Waals surface area (Å²) < 4.78 is 24.9. The highest BCUT2D eigenvalue weighted by atomic mass is 32.2. The molecule has 0 saturated carbocycles. The number of anilines is 3. The lowest BCUT2D eigenvalue weighted by molar-refractivity contribution is 0.262. The number of rotatable bonds is 4. The second-order valence-corrected chi connectivity index (χ2v) is 7.16. The first-order valence-electron chi connectivity index (χ1n) is 7.40. The van der Waals surface area contributed by atoms with E-state index in [9.17, 15) is 13.2 Å². The van der Waals surface area contributed by atoms with Gasteiger partial charge in [-0.1, -0.05) is 24.3 Å². The molecule has 1 aromatic heterocycles. The molecule has 3 aromatic rings. The van der Waals surface area contributed by atoms with Crippen molar-refractivity contribution in [1.29, 1.82) is 0 Å². The average molecular weight is 356 g/mol. The van der Waals surface area contributed by atoms with Crippen molar-refractivity contribution < 1.29 is 13.2 Å². The van der Waals surface area contributed by atoms with Crippen LogP contribution in [0.2, 0.25) is 0 Å². The maximum atomic E-state index is 12.2. The molecular weight excluding hydrogens is 340 g/mol. The van der Waals surface area contributed by atoms with Crippen LogP contribution in [0.25, 0.3) is 10.9 Å². The zero-order valence-corrected chi connectivity index (χ0v) is 14.2. The number of fused-ring (bicyclic) bond motifs is 1. The van der Waals surface area contributed by atoms with Gasteiger partial charge in [-0.15, -0.1) is 0 Å². The summed E-state index contributed by atoms with van der Waals surface area (Å²) >= 11 is 0. The second kappa shape index (κ2) is 6.78. The lowest BCUT2D eigenvalue weighted by atomic mass is 10.2. The van der Waals surface area contributed by atoms with E-state index in [0.717, 1.165) is 17.2 Å². The van der Waals surface area contributed by atoms with E-state index in [-0.39, 0.29) is 0 Å². The monoisotopic (exact) mass is 356 g/mol. The van der Waals surface area contributed by atoms with Crippen LogP contribution in [0, 0.1) is 0 Å². The molecular formula is C17H16N4O3S. The molecule has 0 fully saturated rings. The summed E-state index contributed by atoms with van der Waals surface area (Å²) in [6, 6.07) is 15.2. The van der Waals surface area contributed by atoms with Gasteiger partial charge in [-0.2, -0.15) is 0 Å². The van der Waals surface area contributed by atoms with E-state index in [1.165, 1.54) is 6.07 Å². The van der Waals surface area contributed by atoms with Crippen molar-refractivity contribution in [3.63, 3.8) is 0 Å². The van der Waals surface area contributed by atoms with E-state index in [1.807, 2.05) is 24.3 Å². The molecule has 3 N–H and O–H groups in total. The van der Waals surface area contributed by atoms with Crippen LogP contribution in [0.15, 0.2) is 60.8 Å². The van der Waals surface area contributed by atoms with Crippen molar-refractivity contribution in [3.05, 3.63) is 60.8 Å². The molecule has 7 nitrogen and oxygen atoms in total. The molecule has 0 atom stereocenters. The molecule has 0 unspecified atom stereocenters. The van der Waals surface area contributed by atoms with Gasteiger partial charge in [0.2, 0.25) is 10.0 Å². The van der Waals surface area contributed by atoms with Crippen LogP contribution in [-0.4, -0.2) is 25.7 Å². The van der Waals surface area contributed by atoms with Crippen LogP contribution in [0.1, 0.15) is 0 Å². The first-order valence-corrected chi connectivity index (χ1v) is 9.29. The fourth-order valence-corrected chi connectivity index (χ4v) is 2.92. The van der Waals surface area contributed by atoms with E-state index in [0.29, 0.717) is 17.1 Å². The van der Waals surface area contributed by atoms with Crippen molar-refractivity contribution in [1.82, 2.24) is 4.98 Å². The van der Waals surface area contributed by atoms with Gasteiger partial charge in [0.25, 0.3) is 0 Å². The Labute approximate surface area is 145 Å². The Morgan fingerprint density at radius 1 is 0.960 bits per heavy atom. The van der Waals surface area contributed by atoms with Crippen molar-refractivity contribution in [3.8, 4) is 0 Å². The molecule has 0 radical (unpaired) electrons. The number of pyridine rings is 1. The minimum Gasteiger partial charge on any atom is -0.308 e. The lowest BCUT2D eigenvalue weighted by Crippen LogP contribution is -2.19. The fourth-order valence-electron chi connectivity index (χ4n) is 2.36. The maximum absolute atomic E-state index is 12.2. The van der Waals surface area contributed by atoms with E-state index in [4.69, 9.17) is 0 Å². The van der Waals surface area contributed by atoms with Crippen molar-refractivity contribution in [2.24, 2.45) is 0 Å². The molecule has 128 valence electrons. The highest BCUT2D eigenvalue weighted by molar-refractivity contribution is 7.92. The topological polar surface area (TPSA) is 100 Å². The number of sulfonamides is 1. The standard InChI is InChI=1S/C17H16N4O3S/c1-25(23,24)21-13-6-4-5-12(11-13)19-17(22)20-16-9-10-18-15-8-3-2-7-14(15)16/h2-11,21H,1H3,(H2,18,19,20,22). The van der Waals surface area contributed by atoms with Gasteiger partial charge < -0.3 is 10.6 Å². The minimum atomic E-state index is -3.38. The number of urea groups is 1. The molecule has 25 heavy (non-hydrogen) atoms. The van der Waals surface area contributed by atoms with Crippen LogP contribution in [0.3, 0.4) is 0 Å². The second-order valence-electron chi connectivity index (χ2n) is 5.41. The van der Waals surface area contributed by atoms with Gasteiger partial charge in [-0.25, -0.2) is 13.2 Å². The first kappa shape index (κ1) is 16.7. The number of aromatic nitrogens is 1. The predicted molar refractivity (Wildman–Crippen MR) is 99.3 cm³/mol. The van der Waals surface area contributed by atoms with E-state index in [2.05, 4.69) is 20.3 Å². The Bertz CT molecular complexity index is 1030. The van der Waals surface area contributed by atoms with Crippen LogP contribution >= 0.6 is 0 Å². The summed E-state index contributed by atoms with van der Waals surface area (Å²) in [6.07, 6.45) is 2.68. The lowest BCUT2D eigenvalue weighted by Gasteiger charge is -2.11. The molecule has 3 rings (SSSR count). The Balaban J connectivity index is 1.75. The molecule has 0 spiro atoms. The zero-order chi connectivity index (χ0) is 17.9. The van der Waals surface area contributed by atoms with E-state index in [1.54, 1.807) is 30.5 Å². The number of carbonyl (C=O) groups is 1. The maximum Gasteiger partial charge on any atom is 0.323 e. The Hall–Kier alpha value is -3.13. The fraction of sp³-hybridized carbons (Fsp3) is 0.0588. The van der Waals surface area contributed by atoms with Crippen molar-refractivity contribution >= 4 is 44.0 Å². The molecule has 2 aromatic carbocycles. The number of hydrogen-bond donors (Lipinski definition) is 3. The molecule has 0 bridgehead atoms. The molecule has 0 aliphatic heterocycles. The van der Waals surface area contributed by atoms with E-state index < -0.39 is 16.1 Å². The van der Waals surface area contributed by atoms with Gasteiger partial charge in [-0.05, 0) is 30.3 Å². The van der Waals surface area contributed by atoms with Crippen LogP contribution in [0.5, 0.6) is 0 Å². The number of benzene rings is 2. The van der Waals surface area contributed by atoms with Gasteiger partial charge in [0, 0.05) is 17.3 Å². The Kier molecular flexibility index (Phi) is 4.53. The highest BCUT2D eigenvalue weighted by Crippen LogP contribution is 2.21. The SMILES string of the molecule is CS(=O)(=O)Nc1cccc(NC(=O)Nc2ccnc3ccccc23)c1. The minimum absolute atomic E-state index is 0.370. The Morgan fingerprint density at radius 3 is 2.52 bits per heavy atom. The average Bonchev–Trinajstić information content (AvgIpc) is 2.54. The van der Waals surface area contributed by atoms with Crippen LogP contribution in [-0.2, 0) is 10.0 Å².